The normalized spacial score (nSPS) is 28.7. The number of amides is 1. The second-order valence-corrected chi connectivity index (χ2v) is 9.52. The Bertz CT molecular complexity index is 793. The predicted octanol–water partition coefficient (Wildman–Crippen LogP) is 2.03. The van der Waals surface area contributed by atoms with Gasteiger partial charge in [0.2, 0.25) is 15.9 Å². The number of hydrogen-bond donors (Lipinski definition) is 2. The minimum atomic E-state index is -3.71. The molecule has 1 amide bonds. The van der Waals surface area contributed by atoms with Crippen LogP contribution in [0.4, 0.5) is 5.69 Å². The van der Waals surface area contributed by atoms with E-state index in [4.69, 9.17) is 5.14 Å². The molecule has 4 atom stereocenters. The molecule has 1 saturated carbocycles. The van der Waals surface area contributed by atoms with Crippen LogP contribution in [0.1, 0.15) is 45.6 Å². The van der Waals surface area contributed by atoms with E-state index in [1.807, 2.05) is 0 Å². The van der Waals surface area contributed by atoms with Crippen LogP contribution in [0.25, 0.3) is 0 Å². The van der Waals surface area contributed by atoms with Crippen LogP contribution in [0, 0.1) is 11.8 Å². The van der Waals surface area contributed by atoms with E-state index in [0.717, 1.165) is 24.1 Å². The molecule has 1 fully saturated rings. The Labute approximate surface area is 156 Å². The predicted molar refractivity (Wildman–Crippen MR) is 102 cm³/mol. The first kappa shape index (κ1) is 19.2. The molecule has 1 heterocycles. The van der Waals surface area contributed by atoms with E-state index in [-0.39, 0.29) is 22.9 Å². The van der Waals surface area contributed by atoms with Crippen molar-refractivity contribution in [3.05, 3.63) is 23.8 Å². The summed E-state index contributed by atoms with van der Waals surface area (Å²) >= 11 is 0. The number of primary sulfonamides is 1. The molecule has 0 bridgehead atoms. The zero-order valence-electron chi connectivity index (χ0n) is 15.7. The maximum Gasteiger partial charge on any atom is 0.239 e. The summed E-state index contributed by atoms with van der Waals surface area (Å²) in [5.74, 6) is 1.16. The quantitative estimate of drug-likeness (QED) is 0.837. The van der Waals surface area contributed by atoms with E-state index in [1.54, 1.807) is 12.1 Å². The SMILES string of the molecule is C[C@@H]1[C@H](C)CCC[C@@H]1NC(=O)CN1c2ccc(S(N)(=O)=O)cc2C[C@H]1C. The highest BCUT2D eigenvalue weighted by atomic mass is 32.2. The molecule has 0 radical (unpaired) electrons. The molecule has 1 aromatic carbocycles. The third-order valence-corrected chi connectivity index (χ3v) is 7.01. The second-order valence-electron chi connectivity index (χ2n) is 7.96. The molecular formula is C19H29N3O3S. The minimum Gasteiger partial charge on any atom is -0.359 e. The van der Waals surface area contributed by atoms with Crippen molar-refractivity contribution in [1.29, 1.82) is 0 Å². The first-order valence-corrected chi connectivity index (χ1v) is 10.9. The lowest BCUT2D eigenvalue weighted by Gasteiger charge is -2.35. The zero-order valence-corrected chi connectivity index (χ0v) is 16.6. The van der Waals surface area contributed by atoms with Crippen molar-refractivity contribution in [3.63, 3.8) is 0 Å². The van der Waals surface area contributed by atoms with Crippen molar-refractivity contribution < 1.29 is 13.2 Å². The Hall–Kier alpha value is -1.60. The highest BCUT2D eigenvalue weighted by Crippen LogP contribution is 2.34. The van der Waals surface area contributed by atoms with Gasteiger partial charge in [0, 0.05) is 17.8 Å². The number of carbonyl (C=O) groups is 1. The molecule has 1 aromatic rings. The Morgan fingerprint density at radius 2 is 2.00 bits per heavy atom. The number of fused-ring (bicyclic) bond motifs is 1. The van der Waals surface area contributed by atoms with Gasteiger partial charge >= 0.3 is 0 Å². The molecule has 3 rings (SSSR count). The average Bonchev–Trinajstić information content (AvgIpc) is 2.86. The van der Waals surface area contributed by atoms with Gasteiger partial charge in [-0.2, -0.15) is 0 Å². The van der Waals surface area contributed by atoms with Gasteiger partial charge in [-0.3, -0.25) is 4.79 Å². The highest BCUT2D eigenvalue weighted by Gasteiger charge is 2.31. The third-order valence-electron chi connectivity index (χ3n) is 6.10. The average molecular weight is 380 g/mol. The lowest BCUT2D eigenvalue weighted by molar-refractivity contribution is -0.121. The zero-order chi connectivity index (χ0) is 19.1. The fourth-order valence-electron chi connectivity index (χ4n) is 4.28. The van der Waals surface area contributed by atoms with Gasteiger partial charge in [0.15, 0.2) is 0 Å². The molecule has 144 valence electrons. The Morgan fingerprint density at radius 3 is 2.69 bits per heavy atom. The third kappa shape index (κ3) is 3.88. The number of anilines is 1. The molecule has 1 aliphatic heterocycles. The summed E-state index contributed by atoms with van der Waals surface area (Å²) in [7, 11) is -3.71. The van der Waals surface area contributed by atoms with E-state index >= 15 is 0 Å². The van der Waals surface area contributed by atoms with Gasteiger partial charge in [-0.25, -0.2) is 13.6 Å². The molecule has 1 aliphatic carbocycles. The van der Waals surface area contributed by atoms with Crippen LogP contribution >= 0.6 is 0 Å². The number of hydrogen-bond acceptors (Lipinski definition) is 4. The second kappa shape index (κ2) is 7.19. The maximum atomic E-state index is 12.6. The molecule has 7 heteroatoms. The Kier molecular flexibility index (Phi) is 5.30. The smallest absolute Gasteiger partial charge is 0.239 e. The molecule has 0 saturated heterocycles. The first-order chi connectivity index (χ1) is 12.2. The van der Waals surface area contributed by atoms with Gasteiger partial charge in [0.25, 0.3) is 0 Å². The summed E-state index contributed by atoms with van der Waals surface area (Å²) < 4.78 is 23.1. The highest BCUT2D eigenvalue weighted by molar-refractivity contribution is 7.89. The number of benzene rings is 1. The molecule has 6 nitrogen and oxygen atoms in total. The van der Waals surface area contributed by atoms with Crippen molar-refractivity contribution in [2.75, 3.05) is 11.4 Å². The van der Waals surface area contributed by atoms with Crippen LogP contribution < -0.4 is 15.4 Å². The van der Waals surface area contributed by atoms with Gasteiger partial charge in [-0.05, 0) is 55.4 Å². The lowest BCUT2D eigenvalue weighted by Crippen LogP contribution is -2.48. The summed E-state index contributed by atoms with van der Waals surface area (Å²) in [5, 5.41) is 8.44. The van der Waals surface area contributed by atoms with E-state index < -0.39 is 10.0 Å². The van der Waals surface area contributed by atoms with Crippen molar-refractivity contribution in [2.24, 2.45) is 17.0 Å². The van der Waals surface area contributed by atoms with Gasteiger partial charge in [0.1, 0.15) is 0 Å². The van der Waals surface area contributed by atoms with E-state index in [2.05, 4.69) is 31.0 Å². The van der Waals surface area contributed by atoms with Crippen LogP contribution in [-0.4, -0.2) is 33.0 Å². The molecular weight excluding hydrogens is 350 g/mol. The molecule has 0 aromatic heterocycles. The van der Waals surface area contributed by atoms with Crippen LogP contribution in [0.3, 0.4) is 0 Å². The molecule has 0 spiro atoms. The number of sulfonamides is 1. The summed E-state index contributed by atoms with van der Waals surface area (Å²) in [4.78, 5) is 14.8. The van der Waals surface area contributed by atoms with Gasteiger partial charge < -0.3 is 10.2 Å². The Morgan fingerprint density at radius 1 is 1.27 bits per heavy atom. The minimum absolute atomic E-state index is 0.0335. The summed E-state index contributed by atoms with van der Waals surface area (Å²) in [6, 6.07) is 5.30. The molecule has 26 heavy (non-hydrogen) atoms. The van der Waals surface area contributed by atoms with Gasteiger partial charge in [-0.15, -0.1) is 0 Å². The van der Waals surface area contributed by atoms with Crippen molar-refractivity contribution in [2.45, 2.75) is 63.4 Å². The Balaban J connectivity index is 1.70. The number of rotatable bonds is 4. The van der Waals surface area contributed by atoms with Gasteiger partial charge in [-0.1, -0.05) is 26.7 Å². The van der Waals surface area contributed by atoms with Crippen LogP contribution in [0.15, 0.2) is 23.1 Å². The van der Waals surface area contributed by atoms with Gasteiger partial charge in [0.05, 0.1) is 11.4 Å². The van der Waals surface area contributed by atoms with E-state index in [1.165, 1.54) is 12.5 Å². The molecule has 2 aliphatic rings. The van der Waals surface area contributed by atoms with Crippen molar-refractivity contribution in [3.8, 4) is 0 Å². The number of carbonyl (C=O) groups excluding carboxylic acids is 1. The largest absolute Gasteiger partial charge is 0.359 e. The van der Waals surface area contributed by atoms with E-state index in [9.17, 15) is 13.2 Å². The topological polar surface area (TPSA) is 92.5 Å². The monoisotopic (exact) mass is 379 g/mol. The number of nitrogens with zero attached hydrogens (tertiary/aromatic N) is 1. The molecule has 0 unspecified atom stereocenters. The first-order valence-electron chi connectivity index (χ1n) is 9.38. The lowest BCUT2D eigenvalue weighted by atomic mass is 9.78. The van der Waals surface area contributed by atoms with Crippen LogP contribution in [-0.2, 0) is 21.2 Å². The van der Waals surface area contributed by atoms with Crippen molar-refractivity contribution in [1.82, 2.24) is 5.32 Å². The fraction of sp³-hybridized carbons (Fsp3) is 0.632. The summed E-state index contributed by atoms with van der Waals surface area (Å²) in [6.45, 7) is 6.82. The summed E-state index contributed by atoms with van der Waals surface area (Å²) in [5.41, 5.74) is 1.85. The van der Waals surface area contributed by atoms with E-state index in [0.29, 0.717) is 24.8 Å². The van der Waals surface area contributed by atoms with Crippen LogP contribution in [0.5, 0.6) is 0 Å². The van der Waals surface area contributed by atoms with Crippen LogP contribution in [0.2, 0.25) is 0 Å². The standard InChI is InChI=1S/C19H29N3O3S/c1-12-5-4-6-17(14(12)3)21-19(23)11-22-13(2)9-15-10-16(26(20,24)25)7-8-18(15)22/h7-8,10,12-14,17H,4-6,9,11H2,1-3H3,(H,21,23)(H2,20,24,25)/t12-,13-,14-,17+/m1/s1. The van der Waals surface area contributed by atoms with Crippen molar-refractivity contribution >= 4 is 21.6 Å². The summed E-state index contributed by atoms with van der Waals surface area (Å²) in [6.07, 6.45) is 4.15. The number of nitrogens with one attached hydrogen (secondary N) is 1. The number of nitrogens with two attached hydrogens (primary N) is 1. The maximum absolute atomic E-state index is 12.6. The molecule has 3 N–H and O–H groups in total. The fourth-order valence-corrected chi connectivity index (χ4v) is 4.85.